The van der Waals surface area contributed by atoms with Gasteiger partial charge in [0, 0.05) is 81.1 Å². The minimum Gasteiger partial charge on any atom is -0.392 e. The maximum Gasteiger partial charge on any atom is 0.187 e. The zero-order chi connectivity index (χ0) is 48.9. The molecule has 1 saturated carbocycles. The van der Waals surface area contributed by atoms with Crippen LogP contribution in [0.25, 0.3) is 0 Å². The van der Waals surface area contributed by atoms with E-state index in [4.69, 9.17) is 61.6 Å². The molecule has 15 nitrogen and oxygen atoms in total. The molecule has 0 bridgehead atoms. The fraction of sp³-hybridized carbons (Fsp3) is 0.843. The summed E-state index contributed by atoms with van der Waals surface area (Å²) in [5.74, 6) is -0.246. The summed E-state index contributed by atoms with van der Waals surface area (Å²) in [6.07, 6.45) is 8.98. The Bertz CT molecular complexity index is 1520. The van der Waals surface area contributed by atoms with Gasteiger partial charge in [0.2, 0.25) is 0 Å². The molecule has 4 fully saturated rings. The van der Waals surface area contributed by atoms with Crippen LogP contribution in [-0.4, -0.2) is 172 Å². The highest BCUT2D eigenvalue weighted by Gasteiger charge is 2.52. The molecule has 1 aliphatic carbocycles. The van der Waals surface area contributed by atoms with Gasteiger partial charge in [-0.1, -0.05) is 78.0 Å². The molecule has 15 heteroatoms. The van der Waals surface area contributed by atoms with Crippen molar-refractivity contribution in [3.63, 3.8) is 0 Å². The monoisotopic (exact) mass is 941 g/mol. The van der Waals surface area contributed by atoms with Gasteiger partial charge in [0.25, 0.3) is 0 Å². The third-order valence-corrected chi connectivity index (χ3v) is 15.0. The van der Waals surface area contributed by atoms with Crippen LogP contribution in [0.2, 0.25) is 0 Å². The molecule has 66 heavy (non-hydrogen) atoms. The summed E-state index contributed by atoms with van der Waals surface area (Å²) in [5, 5.41) is 22.5. The zero-order valence-corrected chi connectivity index (χ0v) is 43.0. The number of allylic oxidation sites excluding steroid dienone is 4. The van der Waals surface area contributed by atoms with E-state index in [2.05, 4.69) is 34.6 Å². The zero-order valence-electron chi connectivity index (χ0n) is 43.0. The molecule has 21 atom stereocenters. The van der Waals surface area contributed by atoms with Crippen molar-refractivity contribution in [2.45, 2.75) is 173 Å². The number of ether oxygens (including phenoxy) is 13. The lowest BCUT2D eigenvalue weighted by Gasteiger charge is -2.50. The fourth-order valence-corrected chi connectivity index (χ4v) is 10.5. The van der Waals surface area contributed by atoms with E-state index in [1.165, 1.54) is 0 Å². The Morgan fingerprint density at radius 1 is 0.621 bits per heavy atom. The molecule has 0 aromatic carbocycles. The van der Waals surface area contributed by atoms with E-state index in [-0.39, 0.29) is 55.2 Å². The summed E-state index contributed by atoms with van der Waals surface area (Å²) in [5.41, 5.74) is 1.76. The molecule has 382 valence electrons. The van der Waals surface area contributed by atoms with Crippen molar-refractivity contribution in [2.24, 2.45) is 35.5 Å². The number of hydrogen-bond donors (Lipinski definition) is 2. The second kappa shape index (κ2) is 27.1. The van der Waals surface area contributed by atoms with E-state index >= 15 is 0 Å². The highest BCUT2D eigenvalue weighted by atomic mass is 16.7. The Balaban J connectivity index is 1.42. The Kier molecular flexibility index (Phi) is 23.4. The lowest BCUT2D eigenvalue weighted by atomic mass is 9.81. The van der Waals surface area contributed by atoms with Crippen LogP contribution < -0.4 is 0 Å². The lowest BCUT2D eigenvalue weighted by molar-refractivity contribution is -0.351. The van der Waals surface area contributed by atoms with Crippen LogP contribution >= 0.6 is 0 Å². The van der Waals surface area contributed by atoms with E-state index in [1.807, 2.05) is 57.2 Å². The van der Waals surface area contributed by atoms with Crippen molar-refractivity contribution in [2.75, 3.05) is 70.1 Å². The highest BCUT2D eigenvalue weighted by molar-refractivity contribution is 5.21. The quantitative estimate of drug-likeness (QED) is 0.0652. The van der Waals surface area contributed by atoms with Gasteiger partial charge in [0.15, 0.2) is 18.4 Å². The van der Waals surface area contributed by atoms with E-state index in [9.17, 15) is 10.2 Å². The average Bonchev–Trinajstić information content (AvgIpc) is 4.12. The molecule has 4 rings (SSSR count). The van der Waals surface area contributed by atoms with E-state index in [1.54, 1.807) is 56.9 Å². The van der Waals surface area contributed by atoms with Crippen LogP contribution in [0.4, 0.5) is 0 Å². The fourth-order valence-electron chi connectivity index (χ4n) is 10.5. The molecule has 0 radical (unpaired) electrons. The first kappa shape index (κ1) is 56.9. The number of aliphatic hydroxyl groups excluding tert-OH is 1. The van der Waals surface area contributed by atoms with Crippen LogP contribution in [0.3, 0.4) is 0 Å². The third kappa shape index (κ3) is 13.6. The van der Waals surface area contributed by atoms with Crippen LogP contribution in [0.5, 0.6) is 0 Å². The van der Waals surface area contributed by atoms with Crippen molar-refractivity contribution in [1.29, 1.82) is 0 Å². The summed E-state index contributed by atoms with van der Waals surface area (Å²) < 4.78 is 78.9. The molecule has 3 heterocycles. The van der Waals surface area contributed by atoms with E-state index in [0.717, 1.165) is 30.4 Å². The minimum absolute atomic E-state index is 0.0423. The Hall–Kier alpha value is -1.64. The highest BCUT2D eigenvalue weighted by Crippen LogP contribution is 2.50. The first-order valence-corrected chi connectivity index (χ1v) is 24.1. The van der Waals surface area contributed by atoms with Gasteiger partial charge >= 0.3 is 0 Å². The normalized spacial score (nSPS) is 37.6. The molecule has 3 saturated heterocycles. The van der Waals surface area contributed by atoms with Gasteiger partial charge in [-0.25, -0.2) is 0 Å². The lowest BCUT2D eigenvalue weighted by Crippen LogP contribution is -2.61. The molecule has 3 aliphatic heterocycles. The van der Waals surface area contributed by atoms with Crippen LogP contribution in [0, 0.1) is 35.5 Å². The number of methoxy groups -OCH3 is 8. The van der Waals surface area contributed by atoms with Crippen LogP contribution in [0.1, 0.15) is 81.1 Å². The third-order valence-electron chi connectivity index (χ3n) is 15.0. The smallest absolute Gasteiger partial charge is 0.187 e. The maximum atomic E-state index is 11.3. The second-order valence-electron chi connectivity index (χ2n) is 18.9. The van der Waals surface area contributed by atoms with Gasteiger partial charge < -0.3 is 71.8 Å². The summed E-state index contributed by atoms with van der Waals surface area (Å²) in [4.78, 5) is 0. The topological polar surface area (TPSA) is 160 Å². The summed E-state index contributed by atoms with van der Waals surface area (Å²) in [6.45, 7) is 16.8. The van der Waals surface area contributed by atoms with Crippen LogP contribution in [-0.2, 0) is 61.6 Å². The molecule has 4 aliphatic rings. The van der Waals surface area contributed by atoms with E-state index in [0.29, 0.717) is 18.3 Å². The van der Waals surface area contributed by atoms with Crippen LogP contribution in [0.15, 0.2) is 47.6 Å². The molecular weight excluding hydrogens is 853 g/mol. The predicted molar refractivity (Wildman–Crippen MR) is 251 cm³/mol. The summed E-state index contributed by atoms with van der Waals surface area (Å²) in [6, 6.07) is 0. The molecule has 0 spiro atoms. The van der Waals surface area contributed by atoms with Gasteiger partial charge in [-0.3, -0.25) is 0 Å². The maximum absolute atomic E-state index is 11.3. The van der Waals surface area contributed by atoms with Gasteiger partial charge in [0.1, 0.15) is 48.8 Å². The number of rotatable bonds is 28. The Labute approximate surface area is 396 Å². The molecule has 0 aromatic rings. The van der Waals surface area contributed by atoms with E-state index < -0.39 is 73.3 Å². The standard InChI is InChI=1S/C51H88O15/c1-17-37(54-9)33(7)35-27-36(35)40(52)29(3)21-19-22-31(5)42-46(45(58-13)47(59-14)49(61-16)64-42)62-25-26-63-50-48(60-15)44(57-12)43(56-11)41(65-50)30(4)23-20-24-32(6)51(53)28-39(66-51)34(8)38(18-2)55-10/h19-24,29,32-50,52-53H,17-18,25-28H2,1-16H3/b21-19+,24-20+,30-23+,31-22+/t29-,32-,33+,34-,35-,36?,37+,38+,39-,40-,41+,42-,43-,44+,45+,46-,47-,48-,49+,50+,51+/m1/s1. The predicted octanol–water partition coefficient (Wildman–Crippen LogP) is 6.43. The minimum atomic E-state index is -1.24. The number of aliphatic hydroxyl groups is 2. The van der Waals surface area contributed by atoms with Crippen molar-refractivity contribution in [3.8, 4) is 0 Å². The second-order valence-corrected chi connectivity index (χ2v) is 18.9. The van der Waals surface area contributed by atoms with Gasteiger partial charge in [0.05, 0.1) is 37.6 Å². The SMILES string of the molecule is CC[C@H](OC)[C@@H](C)[C@H]1C[C@@](O)([C@H](C)/C=C/C=C(\C)[C@@H]2O[C@H](OCCO[C@H]3[C@H](OC)[C@@H](OC)[C@@H](OC)O[C@@H]3/C(C)=C/C=C/[C@@H](C)[C@@H](O)C3C[C@@H]3[C@H](C)[C@H](CC)OC)[C@H](OC)[C@@H](OC)[C@@H]2OC)O1. The Morgan fingerprint density at radius 2 is 1.11 bits per heavy atom. The Morgan fingerprint density at radius 3 is 1.64 bits per heavy atom. The molecular formula is C51H88O15. The molecule has 2 N–H and O–H groups in total. The first-order valence-electron chi connectivity index (χ1n) is 24.1. The molecule has 1 unspecified atom stereocenters. The summed E-state index contributed by atoms with van der Waals surface area (Å²) in [7, 11) is 13.1. The van der Waals surface area contributed by atoms with Gasteiger partial charge in [-0.15, -0.1) is 0 Å². The largest absolute Gasteiger partial charge is 0.392 e. The number of hydrogen-bond acceptors (Lipinski definition) is 15. The van der Waals surface area contributed by atoms with Crippen molar-refractivity contribution in [3.05, 3.63) is 47.6 Å². The van der Waals surface area contributed by atoms with Crippen molar-refractivity contribution >= 4 is 0 Å². The van der Waals surface area contributed by atoms with Crippen molar-refractivity contribution in [1.82, 2.24) is 0 Å². The van der Waals surface area contributed by atoms with Gasteiger partial charge in [-0.05, 0) is 62.0 Å². The van der Waals surface area contributed by atoms with Crippen molar-refractivity contribution < 1.29 is 71.8 Å². The first-order chi connectivity index (χ1) is 31.6. The average molecular weight is 941 g/mol. The van der Waals surface area contributed by atoms with Gasteiger partial charge in [-0.2, -0.15) is 0 Å². The molecule has 0 amide bonds. The molecule has 0 aromatic heterocycles. The summed E-state index contributed by atoms with van der Waals surface area (Å²) >= 11 is 0.